The number of benzene rings is 1. The average Bonchev–Trinajstić information content (AvgIpc) is 3.06. The quantitative estimate of drug-likeness (QED) is 0.791. The maximum absolute atomic E-state index is 12.4. The molecule has 5 heteroatoms. The van der Waals surface area contributed by atoms with Gasteiger partial charge in [0.05, 0.1) is 19.6 Å². The molecule has 0 radical (unpaired) electrons. The molecule has 0 saturated heterocycles. The third-order valence-electron chi connectivity index (χ3n) is 3.60. The first kappa shape index (κ1) is 13.9. The number of hydrogen-bond donors (Lipinski definition) is 0. The van der Waals surface area contributed by atoms with Crippen LogP contribution in [-0.4, -0.2) is 20.5 Å². The van der Waals surface area contributed by atoms with E-state index in [1.165, 1.54) is 11.9 Å². The lowest BCUT2D eigenvalue weighted by Crippen LogP contribution is -2.14. The van der Waals surface area contributed by atoms with Crippen LogP contribution >= 0.6 is 0 Å². The summed E-state index contributed by atoms with van der Waals surface area (Å²) in [5, 5.41) is 4.19. The maximum atomic E-state index is 12.4. The first-order valence-electron chi connectivity index (χ1n) is 7.23. The van der Waals surface area contributed by atoms with E-state index in [2.05, 4.69) is 23.9 Å². The molecule has 2 aromatic rings. The van der Waals surface area contributed by atoms with Crippen molar-refractivity contribution in [1.82, 2.24) is 14.8 Å². The van der Waals surface area contributed by atoms with Crippen LogP contribution in [0.2, 0.25) is 0 Å². The van der Waals surface area contributed by atoms with Crippen molar-refractivity contribution in [2.45, 2.75) is 40.0 Å². The number of nitrogens with zero attached hydrogens (tertiary/aromatic N) is 3. The Morgan fingerprint density at radius 1 is 1.33 bits per heavy atom. The normalized spacial score (nSPS) is 13.7. The van der Waals surface area contributed by atoms with Crippen molar-refractivity contribution < 1.29 is 9.53 Å². The van der Waals surface area contributed by atoms with Gasteiger partial charge in [-0.15, -0.1) is 0 Å². The van der Waals surface area contributed by atoms with Gasteiger partial charge < -0.3 is 4.74 Å². The van der Waals surface area contributed by atoms with Gasteiger partial charge in [0.2, 0.25) is 0 Å². The lowest BCUT2D eigenvalue weighted by Gasteiger charge is -2.08. The number of Topliss-reactive ketones (excluding diaryl/α,β-unsaturated/α-hetero) is 1. The Kier molecular flexibility index (Phi) is 3.84. The van der Waals surface area contributed by atoms with Gasteiger partial charge in [-0.1, -0.05) is 26.0 Å². The molecule has 1 aromatic heterocycles. The Hall–Kier alpha value is -2.01. The zero-order valence-electron chi connectivity index (χ0n) is 12.4. The summed E-state index contributed by atoms with van der Waals surface area (Å²) < 4.78 is 7.20. The topological polar surface area (TPSA) is 57.0 Å². The van der Waals surface area contributed by atoms with Crippen LogP contribution in [0.4, 0.5) is 0 Å². The second-order valence-electron chi connectivity index (χ2n) is 5.83. The molecule has 1 aliphatic rings. The third kappa shape index (κ3) is 3.03. The molecule has 110 valence electrons. The number of aromatic nitrogens is 3. The Labute approximate surface area is 124 Å². The highest BCUT2D eigenvalue weighted by Gasteiger charge is 2.16. The van der Waals surface area contributed by atoms with Crippen molar-refractivity contribution >= 4 is 5.78 Å². The number of carbonyl (C=O) groups is 1. The van der Waals surface area contributed by atoms with Crippen molar-refractivity contribution in [2.75, 3.05) is 0 Å². The summed E-state index contributed by atoms with van der Waals surface area (Å²) in [6.45, 7) is 6.26. The van der Waals surface area contributed by atoms with E-state index in [9.17, 15) is 4.79 Å². The lowest BCUT2D eigenvalue weighted by molar-refractivity contribution is 0.0989. The van der Waals surface area contributed by atoms with Gasteiger partial charge in [0.25, 0.3) is 0 Å². The fraction of sp³-hybridized carbons (Fsp3) is 0.438. The van der Waals surface area contributed by atoms with E-state index >= 15 is 0 Å². The van der Waals surface area contributed by atoms with Crippen molar-refractivity contribution in [1.29, 1.82) is 0 Å². The number of rotatable bonds is 5. The molecule has 0 saturated carbocycles. The summed E-state index contributed by atoms with van der Waals surface area (Å²) in [6.07, 6.45) is 1.80. The highest BCUT2D eigenvalue weighted by molar-refractivity contribution is 5.97. The van der Waals surface area contributed by atoms with Gasteiger partial charge in [-0.2, -0.15) is 5.10 Å². The minimum Gasteiger partial charge on any atom is -0.372 e. The molecule has 0 amide bonds. The number of hydrogen-bond acceptors (Lipinski definition) is 4. The smallest absolute Gasteiger partial charge is 0.170 e. The van der Waals surface area contributed by atoms with E-state index in [0.29, 0.717) is 19.1 Å². The molecule has 1 aliphatic heterocycles. The minimum atomic E-state index is 0.0720. The first-order valence-corrected chi connectivity index (χ1v) is 7.23. The van der Waals surface area contributed by atoms with Gasteiger partial charge in [-0.05, 0) is 23.1 Å². The van der Waals surface area contributed by atoms with Gasteiger partial charge in [0.1, 0.15) is 12.2 Å². The van der Waals surface area contributed by atoms with Crippen LogP contribution in [0, 0.1) is 5.92 Å². The molecule has 5 nitrogen and oxygen atoms in total. The molecule has 0 aliphatic carbocycles. The van der Waals surface area contributed by atoms with Gasteiger partial charge in [0.15, 0.2) is 5.78 Å². The summed E-state index contributed by atoms with van der Waals surface area (Å²) in [6, 6.07) is 5.79. The van der Waals surface area contributed by atoms with E-state index in [1.807, 2.05) is 22.9 Å². The molecule has 0 atom stereocenters. The predicted octanol–water partition coefficient (Wildman–Crippen LogP) is 2.39. The Bertz CT molecular complexity index is 661. The highest BCUT2D eigenvalue weighted by atomic mass is 16.5. The number of ketones is 1. The van der Waals surface area contributed by atoms with Crippen LogP contribution in [-0.2, 0) is 30.9 Å². The first-order chi connectivity index (χ1) is 10.1. The predicted molar refractivity (Wildman–Crippen MR) is 77.8 cm³/mol. The fourth-order valence-electron chi connectivity index (χ4n) is 2.51. The molecule has 3 rings (SSSR count). The lowest BCUT2D eigenvalue weighted by atomic mass is 10.0. The summed E-state index contributed by atoms with van der Waals surface area (Å²) in [5.41, 5.74) is 3.01. The standard InChI is InChI=1S/C16H19N3O2/c1-11(2)7-19-16(17-10-18-19)6-15(20)12-3-4-13-8-21-9-14(13)5-12/h3-5,10-11H,6-9H2,1-2H3. The van der Waals surface area contributed by atoms with Gasteiger partial charge in [0, 0.05) is 12.1 Å². The van der Waals surface area contributed by atoms with Gasteiger partial charge >= 0.3 is 0 Å². The van der Waals surface area contributed by atoms with Crippen LogP contribution < -0.4 is 0 Å². The molecule has 0 spiro atoms. The molecule has 2 heterocycles. The van der Waals surface area contributed by atoms with Crippen LogP contribution in [0.3, 0.4) is 0 Å². The zero-order valence-corrected chi connectivity index (χ0v) is 12.4. The summed E-state index contributed by atoms with van der Waals surface area (Å²) in [4.78, 5) is 16.6. The largest absolute Gasteiger partial charge is 0.372 e. The van der Waals surface area contributed by atoms with Crippen LogP contribution in [0.1, 0.15) is 41.2 Å². The van der Waals surface area contributed by atoms with Crippen LogP contribution in [0.5, 0.6) is 0 Å². The van der Waals surface area contributed by atoms with Crippen molar-refractivity contribution in [3.63, 3.8) is 0 Å². The molecular weight excluding hydrogens is 266 g/mol. The Morgan fingerprint density at radius 3 is 2.95 bits per heavy atom. The monoisotopic (exact) mass is 285 g/mol. The van der Waals surface area contributed by atoms with Crippen molar-refractivity contribution in [2.24, 2.45) is 5.92 Å². The number of ether oxygens (including phenoxy) is 1. The zero-order chi connectivity index (χ0) is 14.8. The number of fused-ring (bicyclic) bond motifs is 1. The molecule has 0 bridgehead atoms. The van der Waals surface area contributed by atoms with Crippen molar-refractivity contribution in [3.8, 4) is 0 Å². The van der Waals surface area contributed by atoms with Crippen LogP contribution in [0.15, 0.2) is 24.5 Å². The van der Waals surface area contributed by atoms with Crippen LogP contribution in [0.25, 0.3) is 0 Å². The molecule has 0 N–H and O–H groups in total. The van der Waals surface area contributed by atoms with Crippen molar-refractivity contribution in [3.05, 3.63) is 47.0 Å². The SMILES string of the molecule is CC(C)Cn1ncnc1CC(=O)c1ccc2c(c1)COC2. The fourth-order valence-corrected chi connectivity index (χ4v) is 2.51. The Balaban J connectivity index is 1.76. The maximum Gasteiger partial charge on any atom is 0.170 e. The molecule has 21 heavy (non-hydrogen) atoms. The van der Waals surface area contributed by atoms with E-state index in [-0.39, 0.29) is 12.2 Å². The second-order valence-corrected chi connectivity index (χ2v) is 5.83. The average molecular weight is 285 g/mol. The highest BCUT2D eigenvalue weighted by Crippen LogP contribution is 2.21. The van der Waals surface area contributed by atoms with Gasteiger partial charge in [-0.3, -0.25) is 4.79 Å². The van der Waals surface area contributed by atoms with E-state index in [4.69, 9.17) is 4.74 Å². The van der Waals surface area contributed by atoms with E-state index < -0.39 is 0 Å². The third-order valence-corrected chi connectivity index (χ3v) is 3.60. The van der Waals surface area contributed by atoms with Gasteiger partial charge in [-0.25, -0.2) is 9.67 Å². The molecule has 1 aromatic carbocycles. The molecular formula is C16H19N3O2. The van der Waals surface area contributed by atoms with E-state index in [0.717, 1.165) is 23.5 Å². The summed E-state index contributed by atoms with van der Waals surface area (Å²) in [7, 11) is 0. The molecule has 0 fully saturated rings. The minimum absolute atomic E-state index is 0.0720. The molecule has 0 unspecified atom stereocenters. The summed E-state index contributed by atoms with van der Waals surface area (Å²) in [5.74, 6) is 1.27. The van der Waals surface area contributed by atoms with E-state index in [1.54, 1.807) is 0 Å². The second kappa shape index (κ2) is 5.77. The Morgan fingerprint density at radius 2 is 2.14 bits per heavy atom. The number of carbonyl (C=O) groups excluding carboxylic acids is 1. The summed E-state index contributed by atoms with van der Waals surface area (Å²) >= 11 is 0.